The molecule has 1 aromatic heterocycles. The summed E-state index contributed by atoms with van der Waals surface area (Å²) in [5.74, 6) is 1.18. The smallest absolute Gasteiger partial charge is 0.128 e. The van der Waals surface area contributed by atoms with Crippen LogP contribution in [0.25, 0.3) is 0 Å². The minimum atomic E-state index is 0.751. The second kappa shape index (κ2) is 5.93. The number of piperidine rings is 1. The van der Waals surface area contributed by atoms with Crippen molar-refractivity contribution in [2.45, 2.75) is 50.7 Å². The van der Waals surface area contributed by atoms with Crippen LogP contribution in [0, 0.1) is 0 Å². The number of aromatic nitrogens is 1. The van der Waals surface area contributed by atoms with Gasteiger partial charge in [-0.3, -0.25) is 4.90 Å². The summed E-state index contributed by atoms with van der Waals surface area (Å²) in [6.45, 7) is 5.71. The van der Waals surface area contributed by atoms with Crippen molar-refractivity contribution in [1.29, 1.82) is 0 Å². The Bertz CT molecular complexity index is 485. The normalized spacial score (nSPS) is 26.7. The Morgan fingerprint density at radius 1 is 1.10 bits per heavy atom. The van der Waals surface area contributed by atoms with Crippen LogP contribution in [0.3, 0.4) is 0 Å². The Hall–Kier alpha value is -1.13. The molecule has 114 valence electrons. The summed E-state index contributed by atoms with van der Waals surface area (Å²) < 4.78 is 0. The molecule has 0 amide bonds. The van der Waals surface area contributed by atoms with Crippen molar-refractivity contribution >= 4 is 5.82 Å². The van der Waals surface area contributed by atoms with Crippen LogP contribution in [0.2, 0.25) is 0 Å². The molecule has 1 aromatic rings. The second-order valence-corrected chi connectivity index (χ2v) is 6.77. The molecular weight excluding hydrogens is 260 g/mol. The highest BCUT2D eigenvalue weighted by atomic mass is 15.3. The van der Waals surface area contributed by atoms with E-state index in [0.717, 1.165) is 31.7 Å². The van der Waals surface area contributed by atoms with Crippen molar-refractivity contribution in [1.82, 2.24) is 15.2 Å². The van der Waals surface area contributed by atoms with E-state index >= 15 is 0 Å². The average molecular weight is 286 g/mol. The number of nitrogens with zero attached hydrogens (tertiary/aromatic N) is 3. The third-order valence-electron chi connectivity index (χ3n) is 5.10. The number of fused-ring (bicyclic) bond motifs is 1. The number of hydrogen-bond donors (Lipinski definition) is 1. The molecule has 4 nitrogen and oxygen atoms in total. The molecule has 3 heterocycles. The SMILES string of the molecule is c1cc(CNC2CC2)nc(N2CCN3CCCCC3C2)c1. The number of rotatable bonds is 4. The fourth-order valence-corrected chi connectivity index (χ4v) is 3.64. The van der Waals surface area contributed by atoms with E-state index in [9.17, 15) is 0 Å². The molecule has 0 bridgehead atoms. The summed E-state index contributed by atoms with van der Waals surface area (Å²) in [7, 11) is 0. The molecular formula is C17H26N4. The molecule has 1 N–H and O–H groups in total. The number of nitrogens with one attached hydrogen (secondary N) is 1. The Morgan fingerprint density at radius 3 is 2.95 bits per heavy atom. The maximum atomic E-state index is 4.88. The zero-order valence-electron chi connectivity index (χ0n) is 12.8. The highest BCUT2D eigenvalue weighted by Crippen LogP contribution is 2.24. The van der Waals surface area contributed by atoms with Gasteiger partial charge in [-0.15, -0.1) is 0 Å². The molecule has 0 radical (unpaired) electrons. The van der Waals surface area contributed by atoms with E-state index in [0.29, 0.717) is 0 Å². The molecule has 3 fully saturated rings. The average Bonchev–Trinajstić information content (AvgIpc) is 3.37. The van der Waals surface area contributed by atoms with Gasteiger partial charge in [-0.05, 0) is 44.4 Å². The Kier molecular flexibility index (Phi) is 3.82. The number of hydrogen-bond acceptors (Lipinski definition) is 4. The zero-order valence-corrected chi connectivity index (χ0v) is 12.8. The number of piperazine rings is 1. The lowest BCUT2D eigenvalue weighted by Gasteiger charge is -2.44. The van der Waals surface area contributed by atoms with Gasteiger partial charge in [0, 0.05) is 38.3 Å². The van der Waals surface area contributed by atoms with Crippen LogP contribution in [-0.4, -0.2) is 48.1 Å². The van der Waals surface area contributed by atoms with Crippen LogP contribution < -0.4 is 10.2 Å². The Morgan fingerprint density at radius 2 is 2.05 bits per heavy atom. The van der Waals surface area contributed by atoms with Gasteiger partial charge in [0.1, 0.15) is 5.82 Å². The Labute approximate surface area is 127 Å². The molecule has 1 unspecified atom stereocenters. The minimum absolute atomic E-state index is 0.751. The standard InChI is InChI=1S/C17H26N4/c1-2-9-20-10-11-21(13-16(20)5-1)17-6-3-4-15(19-17)12-18-14-7-8-14/h3-4,6,14,16,18H,1-2,5,7-13H2. The minimum Gasteiger partial charge on any atom is -0.354 e. The van der Waals surface area contributed by atoms with Gasteiger partial charge in [0.25, 0.3) is 0 Å². The van der Waals surface area contributed by atoms with E-state index in [2.05, 4.69) is 33.3 Å². The van der Waals surface area contributed by atoms with Gasteiger partial charge in [-0.2, -0.15) is 0 Å². The molecule has 1 atom stereocenters. The summed E-state index contributed by atoms with van der Waals surface area (Å²) >= 11 is 0. The van der Waals surface area contributed by atoms with Crippen molar-refractivity contribution < 1.29 is 0 Å². The molecule has 1 aliphatic carbocycles. The topological polar surface area (TPSA) is 31.4 Å². The van der Waals surface area contributed by atoms with Gasteiger partial charge in [0.05, 0.1) is 5.69 Å². The third-order valence-corrected chi connectivity index (χ3v) is 5.10. The van der Waals surface area contributed by atoms with Crippen LogP contribution in [0.15, 0.2) is 18.2 Å². The third kappa shape index (κ3) is 3.22. The first-order valence-electron chi connectivity index (χ1n) is 8.57. The molecule has 2 saturated heterocycles. The first-order chi connectivity index (χ1) is 10.4. The second-order valence-electron chi connectivity index (χ2n) is 6.77. The molecule has 21 heavy (non-hydrogen) atoms. The van der Waals surface area contributed by atoms with Crippen LogP contribution in [0.4, 0.5) is 5.82 Å². The maximum Gasteiger partial charge on any atom is 0.128 e. The fraction of sp³-hybridized carbons (Fsp3) is 0.706. The predicted molar refractivity (Wildman–Crippen MR) is 85.5 cm³/mol. The lowest BCUT2D eigenvalue weighted by molar-refractivity contribution is 0.133. The highest BCUT2D eigenvalue weighted by Gasteiger charge is 2.29. The summed E-state index contributed by atoms with van der Waals surface area (Å²) in [4.78, 5) is 10.1. The molecule has 3 aliphatic rings. The van der Waals surface area contributed by atoms with E-state index in [-0.39, 0.29) is 0 Å². The van der Waals surface area contributed by atoms with Crippen LogP contribution in [0.5, 0.6) is 0 Å². The highest BCUT2D eigenvalue weighted by molar-refractivity contribution is 5.40. The molecule has 4 rings (SSSR count). The Balaban J connectivity index is 1.41. The van der Waals surface area contributed by atoms with E-state index in [4.69, 9.17) is 4.98 Å². The van der Waals surface area contributed by atoms with Gasteiger partial charge >= 0.3 is 0 Å². The van der Waals surface area contributed by atoms with Crippen molar-refractivity contribution in [2.75, 3.05) is 31.1 Å². The molecule has 2 aliphatic heterocycles. The lowest BCUT2D eigenvalue weighted by Crippen LogP contribution is -2.55. The summed E-state index contributed by atoms with van der Waals surface area (Å²) in [5.41, 5.74) is 1.19. The van der Waals surface area contributed by atoms with Gasteiger partial charge < -0.3 is 10.2 Å². The van der Waals surface area contributed by atoms with Crippen molar-refractivity contribution in [3.63, 3.8) is 0 Å². The molecule has 0 spiro atoms. The largest absolute Gasteiger partial charge is 0.354 e. The molecule has 0 aromatic carbocycles. The molecule has 1 saturated carbocycles. The number of anilines is 1. The van der Waals surface area contributed by atoms with Crippen molar-refractivity contribution in [3.8, 4) is 0 Å². The number of pyridine rings is 1. The van der Waals surface area contributed by atoms with E-state index in [1.807, 2.05) is 0 Å². The first kappa shape index (κ1) is 13.5. The zero-order chi connectivity index (χ0) is 14.1. The van der Waals surface area contributed by atoms with E-state index in [1.165, 1.54) is 56.7 Å². The predicted octanol–water partition coefficient (Wildman–Crippen LogP) is 2.01. The van der Waals surface area contributed by atoms with Gasteiger partial charge in [0.2, 0.25) is 0 Å². The first-order valence-corrected chi connectivity index (χ1v) is 8.57. The summed E-state index contributed by atoms with van der Waals surface area (Å²) in [5, 5.41) is 3.56. The van der Waals surface area contributed by atoms with E-state index in [1.54, 1.807) is 0 Å². The van der Waals surface area contributed by atoms with E-state index < -0.39 is 0 Å². The lowest BCUT2D eigenvalue weighted by atomic mass is 9.99. The molecule has 4 heteroatoms. The fourth-order valence-electron chi connectivity index (χ4n) is 3.64. The van der Waals surface area contributed by atoms with Crippen LogP contribution >= 0.6 is 0 Å². The summed E-state index contributed by atoms with van der Waals surface area (Å²) in [6.07, 6.45) is 6.82. The monoisotopic (exact) mass is 286 g/mol. The van der Waals surface area contributed by atoms with Crippen LogP contribution in [-0.2, 0) is 6.54 Å². The van der Waals surface area contributed by atoms with Gasteiger partial charge in [0.15, 0.2) is 0 Å². The quantitative estimate of drug-likeness (QED) is 0.917. The van der Waals surface area contributed by atoms with Crippen molar-refractivity contribution in [3.05, 3.63) is 23.9 Å². The van der Waals surface area contributed by atoms with Gasteiger partial charge in [-0.25, -0.2) is 4.98 Å². The van der Waals surface area contributed by atoms with Crippen LogP contribution in [0.1, 0.15) is 37.8 Å². The summed E-state index contributed by atoms with van der Waals surface area (Å²) in [6, 6.07) is 8.00. The van der Waals surface area contributed by atoms with Crippen molar-refractivity contribution in [2.24, 2.45) is 0 Å². The maximum absolute atomic E-state index is 4.88. The van der Waals surface area contributed by atoms with Gasteiger partial charge in [-0.1, -0.05) is 12.5 Å².